The van der Waals surface area contributed by atoms with Crippen LogP contribution in [0.5, 0.6) is 0 Å². The number of rotatable bonds is 6. The molecule has 2 heterocycles. The van der Waals surface area contributed by atoms with Crippen molar-refractivity contribution in [3.63, 3.8) is 0 Å². The molecule has 0 bridgehead atoms. The van der Waals surface area contributed by atoms with Crippen molar-refractivity contribution in [2.75, 3.05) is 25.0 Å². The van der Waals surface area contributed by atoms with Crippen LogP contribution in [0.4, 0.5) is 5.69 Å². The van der Waals surface area contributed by atoms with Crippen LogP contribution in [-0.4, -0.2) is 42.8 Å². The van der Waals surface area contributed by atoms with Gasteiger partial charge in [-0.05, 0) is 36.4 Å². The average Bonchev–Trinajstić information content (AvgIpc) is 3.21. The van der Waals surface area contributed by atoms with Gasteiger partial charge in [0.1, 0.15) is 0 Å². The highest BCUT2D eigenvalue weighted by Gasteiger charge is 2.26. The molecule has 3 rings (SSSR count). The van der Waals surface area contributed by atoms with E-state index in [4.69, 9.17) is 0 Å². The number of carbonyl (C=O) groups excluding carboxylic acids is 2. The average molecular weight is 356 g/mol. The molecule has 0 aliphatic carbocycles. The molecule has 1 amide bonds. The summed E-state index contributed by atoms with van der Waals surface area (Å²) in [7, 11) is 1.87. The Balaban J connectivity index is 1.53. The number of carbonyl (C=O) groups is 2. The molecule has 25 heavy (non-hydrogen) atoms. The van der Waals surface area contributed by atoms with E-state index in [-0.39, 0.29) is 24.2 Å². The minimum Gasteiger partial charge on any atom is -0.369 e. The summed E-state index contributed by atoms with van der Waals surface area (Å²) in [6, 6.07) is 14.2. The molecule has 1 unspecified atom stereocenters. The van der Waals surface area contributed by atoms with Gasteiger partial charge in [0.15, 0.2) is 5.78 Å². The molecule has 0 radical (unpaired) electrons. The van der Waals surface area contributed by atoms with Gasteiger partial charge in [-0.1, -0.05) is 24.3 Å². The largest absolute Gasteiger partial charge is 0.369 e. The molecular weight excluding hydrogens is 332 g/mol. The number of benzene rings is 1. The van der Waals surface area contributed by atoms with Gasteiger partial charge in [-0.25, -0.2) is 0 Å². The molecule has 5 heteroatoms. The summed E-state index contributed by atoms with van der Waals surface area (Å²) in [5.74, 6) is 0.121. The fraction of sp³-hybridized carbons (Fsp3) is 0.400. The van der Waals surface area contributed by atoms with Gasteiger partial charge >= 0.3 is 0 Å². The first kappa shape index (κ1) is 17.7. The lowest BCUT2D eigenvalue weighted by Gasteiger charge is -2.39. The molecule has 1 aliphatic rings. The van der Waals surface area contributed by atoms with Gasteiger partial charge in [-0.15, -0.1) is 11.3 Å². The maximum Gasteiger partial charge on any atom is 0.223 e. The van der Waals surface area contributed by atoms with Crippen molar-refractivity contribution in [3.05, 3.63) is 52.7 Å². The SMILES string of the molecule is CN(C(=O)CCC(=O)c1cccs1)C1CCCN(c2ccccc2)C1. The van der Waals surface area contributed by atoms with Gasteiger partial charge in [0, 0.05) is 44.7 Å². The van der Waals surface area contributed by atoms with Crippen molar-refractivity contribution in [2.24, 2.45) is 0 Å². The Bertz CT molecular complexity index is 700. The molecular formula is C20H24N2O2S. The highest BCUT2D eigenvalue weighted by Crippen LogP contribution is 2.22. The number of para-hydroxylation sites is 1. The predicted octanol–water partition coefficient (Wildman–Crippen LogP) is 3.84. The Morgan fingerprint density at radius 1 is 1.16 bits per heavy atom. The van der Waals surface area contributed by atoms with Crippen LogP contribution in [0.15, 0.2) is 47.8 Å². The number of anilines is 1. The molecule has 2 aromatic rings. The third-order valence-corrected chi connectivity index (χ3v) is 5.73. The molecule has 1 saturated heterocycles. The maximum atomic E-state index is 12.5. The number of likely N-dealkylation sites (N-methyl/N-ethyl adjacent to an activating group) is 1. The van der Waals surface area contributed by atoms with Crippen LogP contribution in [0.25, 0.3) is 0 Å². The van der Waals surface area contributed by atoms with E-state index in [1.54, 1.807) is 0 Å². The second-order valence-electron chi connectivity index (χ2n) is 6.48. The standard InChI is InChI=1S/C20H24N2O2S/c1-21(20(24)12-11-18(23)19-10-6-14-25-19)17-9-5-13-22(15-17)16-7-3-2-4-8-16/h2-4,6-8,10,14,17H,5,9,11-13,15H2,1H3. The Hall–Kier alpha value is -2.14. The van der Waals surface area contributed by atoms with E-state index in [1.807, 2.05) is 47.7 Å². The van der Waals surface area contributed by atoms with E-state index in [0.29, 0.717) is 6.42 Å². The second-order valence-corrected chi connectivity index (χ2v) is 7.43. The van der Waals surface area contributed by atoms with Crippen molar-refractivity contribution >= 4 is 28.7 Å². The van der Waals surface area contributed by atoms with E-state index in [9.17, 15) is 9.59 Å². The van der Waals surface area contributed by atoms with Gasteiger partial charge in [0.2, 0.25) is 5.91 Å². The van der Waals surface area contributed by atoms with Crippen LogP contribution in [0.1, 0.15) is 35.4 Å². The van der Waals surface area contributed by atoms with Gasteiger partial charge in [0.05, 0.1) is 4.88 Å². The Kier molecular flexibility index (Phi) is 5.87. The highest BCUT2D eigenvalue weighted by atomic mass is 32.1. The first-order valence-electron chi connectivity index (χ1n) is 8.77. The van der Waals surface area contributed by atoms with E-state index in [1.165, 1.54) is 17.0 Å². The lowest BCUT2D eigenvalue weighted by molar-refractivity contribution is -0.132. The van der Waals surface area contributed by atoms with Crippen molar-refractivity contribution in [3.8, 4) is 0 Å². The molecule has 1 atom stereocenters. The molecule has 4 nitrogen and oxygen atoms in total. The third kappa shape index (κ3) is 4.48. The molecule has 1 fully saturated rings. The van der Waals surface area contributed by atoms with E-state index in [0.717, 1.165) is 30.8 Å². The van der Waals surface area contributed by atoms with E-state index < -0.39 is 0 Å². The topological polar surface area (TPSA) is 40.6 Å². The summed E-state index contributed by atoms with van der Waals surface area (Å²) in [5, 5.41) is 1.89. The Labute approximate surface area is 153 Å². The minimum absolute atomic E-state index is 0.0600. The van der Waals surface area contributed by atoms with Crippen LogP contribution in [0, 0.1) is 0 Å². The number of hydrogen-bond donors (Lipinski definition) is 0. The normalized spacial score (nSPS) is 17.3. The fourth-order valence-electron chi connectivity index (χ4n) is 3.31. The molecule has 1 aromatic heterocycles. The lowest BCUT2D eigenvalue weighted by Crippen LogP contribution is -2.48. The third-order valence-electron chi connectivity index (χ3n) is 4.82. The molecule has 0 saturated carbocycles. The zero-order valence-corrected chi connectivity index (χ0v) is 15.4. The number of piperidine rings is 1. The number of nitrogens with zero attached hydrogens (tertiary/aromatic N) is 2. The maximum absolute atomic E-state index is 12.5. The Morgan fingerprint density at radius 2 is 1.96 bits per heavy atom. The molecule has 1 aliphatic heterocycles. The zero-order chi connectivity index (χ0) is 17.6. The van der Waals surface area contributed by atoms with Crippen LogP contribution >= 0.6 is 11.3 Å². The summed E-state index contributed by atoms with van der Waals surface area (Å²) < 4.78 is 0. The summed E-state index contributed by atoms with van der Waals surface area (Å²) in [6.45, 7) is 1.88. The number of thiophene rings is 1. The van der Waals surface area contributed by atoms with Crippen molar-refractivity contribution in [1.29, 1.82) is 0 Å². The van der Waals surface area contributed by atoms with Crippen molar-refractivity contribution in [2.45, 2.75) is 31.7 Å². The minimum atomic E-state index is 0.0600. The van der Waals surface area contributed by atoms with Gasteiger partial charge in [-0.2, -0.15) is 0 Å². The first-order valence-corrected chi connectivity index (χ1v) is 9.65. The van der Waals surface area contributed by atoms with Gasteiger partial charge < -0.3 is 9.80 Å². The smallest absolute Gasteiger partial charge is 0.223 e. The van der Waals surface area contributed by atoms with Crippen molar-refractivity contribution in [1.82, 2.24) is 4.90 Å². The first-order chi connectivity index (χ1) is 12.1. The summed E-state index contributed by atoms with van der Waals surface area (Å²) in [5.41, 5.74) is 1.21. The zero-order valence-electron chi connectivity index (χ0n) is 14.6. The summed E-state index contributed by atoms with van der Waals surface area (Å²) in [4.78, 5) is 29.5. The number of hydrogen-bond acceptors (Lipinski definition) is 4. The molecule has 132 valence electrons. The number of Topliss-reactive ketones (excluding diaryl/α,β-unsaturated/α-hetero) is 1. The number of amides is 1. The van der Waals surface area contributed by atoms with Crippen LogP contribution in [-0.2, 0) is 4.79 Å². The van der Waals surface area contributed by atoms with Crippen LogP contribution in [0.3, 0.4) is 0 Å². The second kappa shape index (κ2) is 8.30. The van der Waals surface area contributed by atoms with Crippen LogP contribution < -0.4 is 4.90 Å². The quantitative estimate of drug-likeness (QED) is 0.739. The fourth-order valence-corrected chi connectivity index (χ4v) is 4.00. The molecule has 1 aromatic carbocycles. The lowest BCUT2D eigenvalue weighted by atomic mass is 10.0. The predicted molar refractivity (Wildman–Crippen MR) is 102 cm³/mol. The summed E-state index contributed by atoms with van der Waals surface area (Å²) >= 11 is 1.44. The summed E-state index contributed by atoms with van der Waals surface area (Å²) in [6.07, 6.45) is 2.67. The van der Waals surface area contributed by atoms with Crippen molar-refractivity contribution < 1.29 is 9.59 Å². The van der Waals surface area contributed by atoms with E-state index >= 15 is 0 Å². The Morgan fingerprint density at radius 3 is 2.68 bits per heavy atom. The highest BCUT2D eigenvalue weighted by molar-refractivity contribution is 7.12. The van der Waals surface area contributed by atoms with Gasteiger partial charge in [-0.3, -0.25) is 9.59 Å². The van der Waals surface area contributed by atoms with E-state index in [2.05, 4.69) is 17.0 Å². The molecule has 0 spiro atoms. The van der Waals surface area contributed by atoms with Crippen LogP contribution in [0.2, 0.25) is 0 Å². The monoisotopic (exact) mass is 356 g/mol. The number of ketones is 1. The van der Waals surface area contributed by atoms with Gasteiger partial charge in [0.25, 0.3) is 0 Å². The molecule has 0 N–H and O–H groups in total.